The van der Waals surface area contributed by atoms with Crippen molar-refractivity contribution in [1.29, 1.82) is 5.26 Å². The fourth-order valence-electron chi connectivity index (χ4n) is 1.21. The fourth-order valence-corrected chi connectivity index (χ4v) is 1.21. The molecule has 0 aliphatic heterocycles. The summed E-state index contributed by atoms with van der Waals surface area (Å²) >= 11 is 0. The molecule has 1 rings (SSSR count). The summed E-state index contributed by atoms with van der Waals surface area (Å²) in [4.78, 5) is 0. The standard InChI is InChI=1S/C11H10F3NO/c1-7(2)16-10-8(6-15)4-3-5-9(10)11(12,13)14/h3-5,7H,1-2H3. The molecule has 5 heteroatoms. The average molecular weight is 229 g/mol. The lowest BCUT2D eigenvalue weighted by atomic mass is 10.1. The Bertz CT molecular complexity index is 418. The van der Waals surface area contributed by atoms with E-state index in [4.69, 9.17) is 10.00 Å². The van der Waals surface area contributed by atoms with Gasteiger partial charge in [-0.05, 0) is 26.0 Å². The monoisotopic (exact) mass is 229 g/mol. The van der Waals surface area contributed by atoms with E-state index >= 15 is 0 Å². The molecular formula is C11H10F3NO. The third-order valence-corrected chi connectivity index (χ3v) is 1.79. The van der Waals surface area contributed by atoms with Crippen LogP contribution in [0.2, 0.25) is 0 Å². The van der Waals surface area contributed by atoms with E-state index in [2.05, 4.69) is 0 Å². The van der Waals surface area contributed by atoms with Crippen molar-refractivity contribution in [3.05, 3.63) is 29.3 Å². The molecule has 0 aromatic heterocycles. The Labute approximate surface area is 91.3 Å². The van der Waals surface area contributed by atoms with Crippen molar-refractivity contribution in [2.45, 2.75) is 26.1 Å². The van der Waals surface area contributed by atoms with Crippen molar-refractivity contribution in [3.8, 4) is 11.8 Å². The van der Waals surface area contributed by atoms with E-state index in [1.807, 2.05) is 0 Å². The first-order chi connectivity index (χ1) is 7.36. The molecule has 0 radical (unpaired) electrons. The summed E-state index contributed by atoms with van der Waals surface area (Å²) in [5.41, 5.74) is -1.02. The Morgan fingerprint density at radius 2 is 1.94 bits per heavy atom. The molecular weight excluding hydrogens is 219 g/mol. The predicted octanol–water partition coefficient (Wildman–Crippen LogP) is 3.36. The predicted molar refractivity (Wildman–Crippen MR) is 51.9 cm³/mol. The summed E-state index contributed by atoms with van der Waals surface area (Å²) in [6.45, 7) is 3.21. The Balaban J connectivity index is 3.33. The molecule has 0 saturated heterocycles. The van der Waals surface area contributed by atoms with Gasteiger partial charge in [-0.25, -0.2) is 0 Å². The lowest BCUT2D eigenvalue weighted by Gasteiger charge is -2.17. The second-order valence-corrected chi connectivity index (χ2v) is 3.46. The molecule has 0 amide bonds. The molecule has 0 spiro atoms. The van der Waals surface area contributed by atoms with E-state index in [1.54, 1.807) is 19.9 Å². The van der Waals surface area contributed by atoms with Crippen LogP contribution >= 0.6 is 0 Å². The average Bonchev–Trinajstić information content (AvgIpc) is 2.15. The molecule has 0 atom stereocenters. The molecule has 0 fully saturated rings. The van der Waals surface area contributed by atoms with Crippen LogP contribution in [0.1, 0.15) is 25.0 Å². The second-order valence-electron chi connectivity index (χ2n) is 3.46. The summed E-state index contributed by atoms with van der Waals surface area (Å²) < 4.78 is 42.9. The SMILES string of the molecule is CC(C)Oc1c(C#N)cccc1C(F)(F)F. The molecule has 1 aromatic carbocycles. The number of hydrogen-bond acceptors (Lipinski definition) is 2. The van der Waals surface area contributed by atoms with Crippen LogP contribution < -0.4 is 4.74 Å². The smallest absolute Gasteiger partial charge is 0.420 e. The minimum Gasteiger partial charge on any atom is -0.489 e. The Kier molecular flexibility index (Phi) is 3.43. The van der Waals surface area contributed by atoms with Crippen LogP contribution in [0.25, 0.3) is 0 Å². The molecule has 0 bridgehead atoms. The van der Waals surface area contributed by atoms with E-state index < -0.39 is 23.6 Å². The van der Waals surface area contributed by atoms with Gasteiger partial charge in [-0.2, -0.15) is 18.4 Å². The van der Waals surface area contributed by atoms with Gasteiger partial charge in [0.05, 0.1) is 17.2 Å². The molecule has 0 aliphatic rings. The second kappa shape index (κ2) is 4.44. The minimum absolute atomic E-state index is 0.108. The molecule has 1 aromatic rings. The number of ether oxygens (including phenoxy) is 1. The Morgan fingerprint density at radius 3 is 2.38 bits per heavy atom. The largest absolute Gasteiger partial charge is 0.489 e. The maximum atomic E-state index is 12.6. The van der Waals surface area contributed by atoms with Crippen molar-refractivity contribution in [3.63, 3.8) is 0 Å². The van der Waals surface area contributed by atoms with E-state index in [0.717, 1.165) is 6.07 Å². The van der Waals surface area contributed by atoms with Crippen LogP contribution in [0, 0.1) is 11.3 Å². The van der Waals surface area contributed by atoms with Gasteiger partial charge in [0.1, 0.15) is 11.8 Å². The fraction of sp³-hybridized carbons (Fsp3) is 0.364. The first kappa shape index (κ1) is 12.4. The van der Waals surface area contributed by atoms with Gasteiger partial charge < -0.3 is 4.74 Å². The number of halogens is 3. The third-order valence-electron chi connectivity index (χ3n) is 1.79. The normalized spacial score (nSPS) is 11.3. The summed E-state index contributed by atoms with van der Waals surface area (Å²) in [5.74, 6) is -0.396. The first-order valence-corrected chi connectivity index (χ1v) is 4.63. The lowest BCUT2D eigenvalue weighted by Crippen LogP contribution is -2.14. The zero-order valence-corrected chi connectivity index (χ0v) is 8.80. The quantitative estimate of drug-likeness (QED) is 0.778. The van der Waals surface area contributed by atoms with Crippen LogP contribution in [0.5, 0.6) is 5.75 Å². The van der Waals surface area contributed by atoms with Crippen LogP contribution in [0.15, 0.2) is 18.2 Å². The summed E-state index contributed by atoms with van der Waals surface area (Å²) in [7, 11) is 0. The van der Waals surface area contributed by atoms with Crippen LogP contribution in [0.3, 0.4) is 0 Å². The topological polar surface area (TPSA) is 33.0 Å². The minimum atomic E-state index is -4.52. The van der Waals surface area contributed by atoms with Gasteiger partial charge in [0.2, 0.25) is 0 Å². The van der Waals surface area contributed by atoms with Crippen LogP contribution in [-0.2, 0) is 6.18 Å². The van der Waals surface area contributed by atoms with Gasteiger partial charge in [-0.1, -0.05) is 6.07 Å². The van der Waals surface area contributed by atoms with Gasteiger partial charge in [0, 0.05) is 0 Å². The van der Waals surface area contributed by atoms with Crippen LogP contribution in [0.4, 0.5) is 13.2 Å². The van der Waals surface area contributed by atoms with Gasteiger partial charge in [-0.3, -0.25) is 0 Å². The zero-order valence-electron chi connectivity index (χ0n) is 8.80. The Hall–Kier alpha value is -1.70. The van der Waals surface area contributed by atoms with E-state index in [9.17, 15) is 13.2 Å². The Morgan fingerprint density at radius 1 is 1.31 bits per heavy atom. The lowest BCUT2D eigenvalue weighted by molar-refractivity contribution is -0.139. The van der Waals surface area contributed by atoms with Crippen molar-refractivity contribution < 1.29 is 17.9 Å². The number of alkyl halides is 3. The third kappa shape index (κ3) is 2.66. The van der Waals surface area contributed by atoms with E-state index in [-0.39, 0.29) is 5.56 Å². The van der Waals surface area contributed by atoms with Crippen molar-refractivity contribution >= 4 is 0 Å². The van der Waals surface area contributed by atoms with Crippen molar-refractivity contribution in [2.75, 3.05) is 0 Å². The zero-order chi connectivity index (χ0) is 12.3. The number of nitriles is 1. The number of rotatable bonds is 2. The van der Waals surface area contributed by atoms with Gasteiger partial charge in [0.25, 0.3) is 0 Å². The summed E-state index contributed by atoms with van der Waals surface area (Å²) in [6.07, 6.45) is -4.94. The molecule has 0 N–H and O–H groups in total. The molecule has 0 saturated carbocycles. The summed E-state index contributed by atoms with van der Waals surface area (Å²) in [5, 5.41) is 8.72. The molecule has 86 valence electrons. The van der Waals surface area contributed by atoms with E-state index in [0.29, 0.717) is 0 Å². The van der Waals surface area contributed by atoms with Crippen LogP contribution in [-0.4, -0.2) is 6.10 Å². The highest BCUT2D eigenvalue weighted by Crippen LogP contribution is 2.38. The molecule has 0 unspecified atom stereocenters. The van der Waals surface area contributed by atoms with Crippen molar-refractivity contribution in [2.24, 2.45) is 0 Å². The maximum Gasteiger partial charge on any atom is 0.420 e. The highest BCUT2D eigenvalue weighted by atomic mass is 19.4. The van der Waals surface area contributed by atoms with E-state index in [1.165, 1.54) is 12.1 Å². The van der Waals surface area contributed by atoms with Gasteiger partial charge in [0.15, 0.2) is 0 Å². The highest BCUT2D eigenvalue weighted by Gasteiger charge is 2.35. The molecule has 0 heterocycles. The number of benzene rings is 1. The first-order valence-electron chi connectivity index (χ1n) is 4.63. The van der Waals surface area contributed by atoms with Gasteiger partial charge in [-0.15, -0.1) is 0 Å². The van der Waals surface area contributed by atoms with Gasteiger partial charge >= 0.3 is 6.18 Å². The number of hydrogen-bond donors (Lipinski definition) is 0. The number of para-hydroxylation sites is 1. The highest BCUT2D eigenvalue weighted by molar-refractivity contribution is 5.49. The molecule has 0 aliphatic carbocycles. The molecule has 16 heavy (non-hydrogen) atoms. The molecule has 2 nitrogen and oxygen atoms in total. The van der Waals surface area contributed by atoms with Crippen molar-refractivity contribution in [1.82, 2.24) is 0 Å². The summed E-state index contributed by atoms with van der Waals surface area (Å²) in [6, 6.07) is 5.08. The number of nitrogens with zero attached hydrogens (tertiary/aromatic N) is 1. The maximum absolute atomic E-state index is 12.6.